The fourth-order valence-corrected chi connectivity index (χ4v) is 4.98. The zero-order valence-corrected chi connectivity index (χ0v) is 20.4. The number of nitrogens with two attached hydrogens (primary N) is 1. The van der Waals surface area contributed by atoms with E-state index in [-0.39, 0.29) is 17.2 Å². The normalized spacial score (nSPS) is 17.2. The first-order valence-electron chi connectivity index (χ1n) is 12.2. The van der Waals surface area contributed by atoms with Crippen LogP contribution in [-0.2, 0) is 7.05 Å². The van der Waals surface area contributed by atoms with Gasteiger partial charge in [0.05, 0.1) is 23.9 Å². The SMILES string of the molecule is Cn1cc(-c2cn(-c3cccc4c3C(C(F)(F)F)=NC4c3ccc(C(N)=O)cc3NC3CCC3)cn2)cn1. The first kappa shape index (κ1) is 24.0. The second kappa shape index (κ2) is 8.86. The van der Waals surface area contributed by atoms with Crippen LogP contribution in [0.3, 0.4) is 0 Å². The van der Waals surface area contributed by atoms with Gasteiger partial charge in [0.25, 0.3) is 0 Å². The first-order chi connectivity index (χ1) is 18.2. The number of primary amides is 1. The van der Waals surface area contributed by atoms with Crippen molar-refractivity contribution >= 4 is 17.3 Å². The molecule has 8 nitrogen and oxygen atoms in total. The Morgan fingerprint density at radius 3 is 2.61 bits per heavy atom. The van der Waals surface area contributed by atoms with Crippen LogP contribution in [-0.4, -0.2) is 43.2 Å². The number of carbonyl (C=O) groups is 1. The van der Waals surface area contributed by atoms with E-state index in [2.05, 4.69) is 20.4 Å². The number of nitrogens with zero attached hydrogens (tertiary/aromatic N) is 5. The van der Waals surface area contributed by atoms with Crippen LogP contribution in [0.5, 0.6) is 0 Å². The van der Waals surface area contributed by atoms with Gasteiger partial charge in [-0.1, -0.05) is 18.2 Å². The molecule has 0 bridgehead atoms. The second-order valence-electron chi connectivity index (χ2n) is 9.63. The highest BCUT2D eigenvalue weighted by atomic mass is 19.4. The lowest BCUT2D eigenvalue weighted by atomic mass is 9.90. The molecule has 1 aliphatic heterocycles. The van der Waals surface area contributed by atoms with Gasteiger partial charge in [-0.25, -0.2) is 4.98 Å². The first-order valence-corrected chi connectivity index (χ1v) is 12.2. The summed E-state index contributed by atoms with van der Waals surface area (Å²) >= 11 is 0. The summed E-state index contributed by atoms with van der Waals surface area (Å²) in [6.07, 6.45) is 4.89. The molecule has 3 heterocycles. The maximum Gasteiger partial charge on any atom is 0.433 e. The van der Waals surface area contributed by atoms with Crippen molar-refractivity contribution in [3.63, 3.8) is 0 Å². The second-order valence-corrected chi connectivity index (χ2v) is 9.63. The van der Waals surface area contributed by atoms with E-state index in [0.29, 0.717) is 28.2 Å². The molecule has 194 valence electrons. The Kier molecular flexibility index (Phi) is 5.59. The third-order valence-electron chi connectivity index (χ3n) is 7.09. The monoisotopic (exact) mass is 519 g/mol. The molecular weight excluding hydrogens is 495 g/mol. The number of halogens is 3. The van der Waals surface area contributed by atoms with E-state index in [1.807, 2.05) is 0 Å². The van der Waals surface area contributed by atoms with Crippen LogP contribution in [0.15, 0.2) is 66.3 Å². The largest absolute Gasteiger partial charge is 0.433 e. The lowest BCUT2D eigenvalue weighted by molar-refractivity contribution is -0.0580. The van der Waals surface area contributed by atoms with Crippen LogP contribution in [0.4, 0.5) is 18.9 Å². The molecule has 1 saturated carbocycles. The Labute approximate surface area is 216 Å². The molecule has 2 aliphatic rings. The van der Waals surface area contributed by atoms with Gasteiger partial charge in [-0.2, -0.15) is 18.3 Å². The van der Waals surface area contributed by atoms with Gasteiger partial charge in [0.15, 0.2) is 0 Å². The number of imidazole rings is 1. The van der Waals surface area contributed by atoms with Crippen molar-refractivity contribution in [2.75, 3.05) is 5.32 Å². The molecule has 11 heteroatoms. The summed E-state index contributed by atoms with van der Waals surface area (Å²) in [4.78, 5) is 20.5. The summed E-state index contributed by atoms with van der Waals surface area (Å²) in [6.45, 7) is 0. The van der Waals surface area contributed by atoms with Crippen molar-refractivity contribution in [3.8, 4) is 16.9 Å². The third-order valence-corrected chi connectivity index (χ3v) is 7.09. The van der Waals surface area contributed by atoms with Gasteiger partial charge in [0.1, 0.15) is 11.8 Å². The minimum absolute atomic E-state index is 0.00806. The number of benzene rings is 2. The zero-order valence-electron chi connectivity index (χ0n) is 20.4. The molecule has 1 amide bonds. The molecule has 1 atom stereocenters. The minimum Gasteiger partial charge on any atom is -0.382 e. The van der Waals surface area contributed by atoms with Gasteiger partial charge < -0.3 is 15.6 Å². The highest BCUT2D eigenvalue weighted by Gasteiger charge is 2.45. The maximum atomic E-state index is 14.4. The van der Waals surface area contributed by atoms with E-state index in [1.165, 1.54) is 12.4 Å². The highest BCUT2D eigenvalue weighted by molar-refractivity contribution is 6.11. The quantitative estimate of drug-likeness (QED) is 0.382. The number of hydrogen-bond donors (Lipinski definition) is 2. The molecular formula is C27H24F3N7O. The summed E-state index contributed by atoms with van der Waals surface area (Å²) in [7, 11) is 1.78. The van der Waals surface area contributed by atoms with Gasteiger partial charge >= 0.3 is 6.18 Å². The van der Waals surface area contributed by atoms with Gasteiger partial charge in [-0.05, 0) is 43.0 Å². The predicted octanol–water partition coefficient (Wildman–Crippen LogP) is 4.79. The smallest absolute Gasteiger partial charge is 0.382 e. The summed E-state index contributed by atoms with van der Waals surface area (Å²) in [6, 6.07) is 9.07. The van der Waals surface area contributed by atoms with Crippen molar-refractivity contribution in [3.05, 3.63) is 83.6 Å². The van der Waals surface area contributed by atoms with Crippen LogP contribution in [0.25, 0.3) is 16.9 Å². The topological polar surface area (TPSA) is 103 Å². The molecule has 4 aromatic rings. The van der Waals surface area contributed by atoms with Crippen LogP contribution >= 0.6 is 0 Å². The molecule has 0 radical (unpaired) electrons. The molecule has 3 N–H and O–H groups in total. The van der Waals surface area contributed by atoms with Crippen molar-refractivity contribution in [1.29, 1.82) is 0 Å². The number of aliphatic imine (C=N–C) groups is 1. The fourth-order valence-electron chi connectivity index (χ4n) is 4.98. The van der Waals surface area contributed by atoms with Gasteiger partial charge in [0, 0.05) is 53.4 Å². The van der Waals surface area contributed by atoms with E-state index in [0.717, 1.165) is 24.8 Å². The Bertz CT molecular complexity index is 1580. The number of aryl methyl sites for hydroxylation is 1. The molecule has 1 fully saturated rings. The summed E-state index contributed by atoms with van der Waals surface area (Å²) < 4.78 is 46.4. The van der Waals surface area contributed by atoms with Crippen molar-refractivity contribution in [1.82, 2.24) is 19.3 Å². The van der Waals surface area contributed by atoms with E-state index >= 15 is 0 Å². The van der Waals surface area contributed by atoms with Crippen LogP contribution in [0, 0.1) is 0 Å². The maximum absolute atomic E-state index is 14.4. The third kappa shape index (κ3) is 4.13. The average Bonchev–Trinajstić information content (AvgIpc) is 3.59. The Morgan fingerprint density at radius 1 is 1.13 bits per heavy atom. The van der Waals surface area contributed by atoms with E-state index in [9.17, 15) is 18.0 Å². The van der Waals surface area contributed by atoms with Crippen molar-refractivity contribution in [2.24, 2.45) is 17.8 Å². The van der Waals surface area contributed by atoms with Crippen molar-refractivity contribution < 1.29 is 18.0 Å². The van der Waals surface area contributed by atoms with Crippen LogP contribution < -0.4 is 11.1 Å². The summed E-state index contributed by atoms with van der Waals surface area (Å²) in [5.41, 5.74) is 8.05. The number of rotatable bonds is 6. The minimum atomic E-state index is -4.68. The molecule has 1 aliphatic carbocycles. The van der Waals surface area contributed by atoms with E-state index in [4.69, 9.17) is 5.73 Å². The highest BCUT2D eigenvalue weighted by Crippen LogP contribution is 2.44. The number of aromatic nitrogens is 4. The van der Waals surface area contributed by atoms with Gasteiger partial charge in [0.2, 0.25) is 5.91 Å². The molecule has 0 saturated heterocycles. The number of nitrogens with one attached hydrogen (secondary N) is 1. The zero-order chi connectivity index (χ0) is 26.6. The van der Waals surface area contributed by atoms with Crippen LogP contribution in [0.1, 0.15) is 52.4 Å². The number of amides is 1. The van der Waals surface area contributed by atoms with E-state index < -0.39 is 23.8 Å². The Hall–Kier alpha value is -4.41. The summed E-state index contributed by atoms with van der Waals surface area (Å²) in [5, 5.41) is 7.53. The molecule has 2 aromatic heterocycles. The van der Waals surface area contributed by atoms with E-state index in [1.54, 1.807) is 65.2 Å². The number of carbonyl (C=O) groups excluding carboxylic acids is 1. The average molecular weight is 520 g/mol. The van der Waals surface area contributed by atoms with Gasteiger partial charge in [-0.3, -0.25) is 14.5 Å². The number of alkyl halides is 3. The molecule has 38 heavy (non-hydrogen) atoms. The number of hydrogen-bond acceptors (Lipinski definition) is 5. The molecule has 1 unspecified atom stereocenters. The van der Waals surface area contributed by atoms with Crippen LogP contribution in [0.2, 0.25) is 0 Å². The predicted molar refractivity (Wildman–Crippen MR) is 136 cm³/mol. The molecule has 0 spiro atoms. The fraction of sp³-hybridized carbons (Fsp3) is 0.259. The lowest BCUT2D eigenvalue weighted by Crippen LogP contribution is -2.28. The van der Waals surface area contributed by atoms with Gasteiger partial charge in [-0.15, -0.1) is 0 Å². The number of fused-ring (bicyclic) bond motifs is 1. The lowest BCUT2D eigenvalue weighted by Gasteiger charge is -2.29. The summed E-state index contributed by atoms with van der Waals surface area (Å²) in [5.74, 6) is -0.605. The molecule has 6 rings (SSSR count). The molecule has 2 aromatic carbocycles. The van der Waals surface area contributed by atoms with Crippen molar-refractivity contribution in [2.45, 2.75) is 37.5 Å². The Morgan fingerprint density at radius 2 is 1.95 bits per heavy atom. The Balaban J connectivity index is 1.48. The standard InChI is InChI=1S/C27H24F3N7O/c1-36-12-16(11-33-36)21-13-37(14-32-21)22-7-3-6-19-23(22)25(27(28,29)30)35-24(19)18-9-8-15(26(31)38)10-20(18)34-17-4-2-5-17/h3,6-14,17,24,34H,2,4-5H2,1H3,(H2,31,38). The number of anilines is 1.